The molecule has 4 heteroatoms. The van der Waals surface area contributed by atoms with E-state index in [1.54, 1.807) is 0 Å². The van der Waals surface area contributed by atoms with Gasteiger partial charge in [-0.2, -0.15) is 5.26 Å². The molecule has 0 N–H and O–H groups in total. The highest BCUT2D eigenvalue weighted by molar-refractivity contribution is 9.10. The molecule has 0 aliphatic heterocycles. The first-order valence-corrected chi connectivity index (χ1v) is 8.99. The second kappa shape index (κ2) is 7.31. The van der Waals surface area contributed by atoms with Gasteiger partial charge in [-0.3, -0.25) is 0 Å². The lowest BCUT2D eigenvalue weighted by Crippen LogP contribution is -1.98. The fourth-order valence-corrected chi connectivity index (χ4v) is 3.36. The molecule has 0 fully saturated rings. The molecule has 2 aromatic carbocycles. The molecule has 0 amide bonds. The van der Waals surface area contributed by atoms with Crippen molar-refractivity contribution in [3.63, 3.8) is 0 Å². The van der Waals surface area contributed by atoms with Crippen molar-refractivity contribution in [1.82, 2.24) is 4.57 Å². The Kier molecular flexibility index (Phi) is 5.13. The Balaban J connectivity index is 2.08. The summed E-state index contributed by atoms with van der Waals surface area (Å²) in [7, 11) is 0. The number of nitrogens with zero attached hydrogens (tertiary/aromatic N) is 2. The summed E-state index contributed by atoms with van der Waals surface area (Å²) in [6.45, 7) is 4.10. The predicted molar refractivity (Wildman–Crippen MR) is 108 cm³/mol. The van der Waals surface area contributed by atoms with E-state index >= 15 is 0 Å². The highest BCUT2D eigenvalue weighted by atomic mass is 79.9. The molecular formula is C21H16BrClN2. The summed E-state index contributed by atoms with van der Waals surface area (Å²) >= 11 is 9.56. The Morgan fingerprint density at radius 2 is 1.84 bits per heavy atom. The van der Waals surface area contributed by atoms with Gasteiger partial charge in [-0.1, -0.05) is 45.7 Å². The van der Waals surface area contributed by atoms with Crippen molar-refractivity contribution in [3.8, 4) is 11.8 Å². The van der Waals surface area contributed by atoms with Gasteiger partial charge in [-0.25, -0.2) is 0 Å². The molecule has 0 saturated heterocycles. The maximum atomic E-state index is 9.58. The maximum absolute atomic E-state index is 9.58. The number of hydrogen-bond donors (Lipinski definition) is 0. The third kappa shape index (κ3) is 3.71. The summed E-state index contributed by atoms with van der Waals surface area (Å²) in [4.78, 5) is 0. The lowest BCUT2D eigenvalue weighted by Gasteiger charge is -2.10. The van der Waals surface area contributed by atoms with Crippen molar-refractivity contribution >= 4 is 39.2 Å². The van der Waals surface area contributed by atoms with Gasteiger partial charge in [0.1, 0.15) is 0 Å². The van der Waals surface area contributed by atoms with Crippen LogP contribution in [0.2, 0.25) is 5.02 Å². The van der Waals surface area contributed by atoms with Crippen LogP contribution in [0.25, 0.3) is 17.3 Å². The molecule has 0 atom stereocenters. The molecule has 0 aliphatic rings. The monoisotopic (exact) mass is 410 g/mol. The van der Waals surface area contributed by atoms with Crippen molar-refractivity contribution in [2.45, 2.75) is 13.8 Å². The van der Waals surface area contributed by atoms with Gasteiger partial charge >= 0.3 is 0 Å². The highest BCUT2D eigenvalue weighted by Crippen LogP contribution is 2.27. The van der Waals surface area contributed by atoms with Crippen LogP contribution in [0.5, 0.6) is 0 Å². The van der Waals surface area contributed by atoms with E-state index in [1.165, 1.54) is 0 Å². The number of allylic oxidation sites excluding steroid dienone is 1. The predicted octanol–water partition coefficient (Wildman–Crippen LogP) is 6.57. The van der Waals surface area contributed by atoms with Crippen LogP contribution in [0.3, 0.4) is 0 Å². The van der Waals surface area contributed by atoms with E-state index in [2.05, 4.69) is 46.5 Å². The molecule has 0 aliphatic carbocycles. The Morgan fingerprint density at radius 1 is 1.12 bits per heavy atom. The average molecular weight is 412 g/mol. The molecular weight excluding hydrogens is 396 g/mol. The molecule has 0 unspecified atom stereocenters. The van der Waals surface area contributed by atoms with E-state index in [9.17, 15) is 5.26 Å². The topological polar surface area (TPSA) is 28.7 Å². The minimum absolute atomic E-state index is 0.638. The van der Waals surface area contributed by atoms with Gasteiger partial charge in [0.25, 0.3) is 0 Å². The maximum Gasteiger partial charge on any atom is 0.0998 e. The number of rotatable bonds is 3. The molecule has 0 bridgehead atoms. The second-order valence-electron chi connectivity index (χ2n) is 5.82. The van der Waals surface area contributed by atoms with Crippen LogP contribution in [0, 0.1) is 25.2 Å². The first kappa shape index (κ1) is 17.5. The average Bonchev–Trinajstić information content (AvgIpc) is 2.87. The normalized spacial score (nSPS) is 11.4. The van der Waals surface area contributed by atoms with E-state index in [1.807, 2.05) is 54.6 Å². The van der Waals surface area contributed by atoms with Crippen LogP contribution >= 0.6 is 27.5 Å². The van der Waals surface area contributed by atoms with Gasteiger partial charge in [-0.05, 0) is 67.4 Å². The molecule has 0 saturated carbocycles. The van der Waals surface area contributed by atoms with Gasteiger partial charge in [0.05, 0.1) is 11.6 Å². The number of nitriles is 1. The van der Waals surface area contributed by atoms with Crippen molar-refractivity contribution < 1.29 is 0 Å². The minimum atomic E-state index is 0.638. The van der Waals surface area contributed by atoms with E-state index in [4.69, 9.17) is 11.6 Å². The Labute approximate surface area is 161 Å². The van der Waals surface area contributed by atoms with Gasteiger partial charge in [-0.15, -0.1) is 0 Å². The van der Waals surface area contributed by atoms with Gasteiger partial charge in [0.15, 0.2) is 0 Å². The largest absolute Gasteiger partial charge is 0.318 e. The quantitative estimate of drug-likeness (QED) is 0.448. The summed E-state index contributed by atoms with van der Waals surface area (Å²) in [5.74, 6) is 0. The summed E-state index contributed by atoms with van der Waals surface area (Å²) in [6, 6.07) is 19.9. The van der Waals surface area contributed by atoms with Crippen molar-refractivity contribution in [1.29, 1.82) is 5.26 Å². The van der Waals surface area contributed by atoms with Crippen molar-refractivity contribution in [3.05, 3.63) is 86.6 Å². The lowest BCUT2D eigenvalue weighted by atomic mass is 10.0. The molecule has 1 heterocycles. The lowest BCUT2D eigenvalue weighted by molar-refractivity contribution is 0.965. The number of benzene rings is 2. The number of aryl methyl sites for hydroxylation is 1. The molecule has 3 aromatic rings. The Morgan fingerprint density at radius 3 is 2.48 bits per heavy atom. The van der Waals surface area contributed by atoms with Gasteiger partial charge in [0.2, 0.25) is 0 Å². The van der Waals surface area contributed by atoms with Crippen LogP contribution in [0.4, 0.5) is 0 Å². The third-order valence-corrected chi connectivity index (χ3v) is 4.88. The Bertz CT molecular complexity index is 992. The van der Waals surface area contributed by atoms with Crippen molar-refractivity contribution in [2.75, 3.05) is 0 Å². The minimum Gasteiger partial charge on any atom is -0.318 e. The second-order valence-corrected chi connectivity index (χ2v) is 7.17. The summed E-state index contributed by atoms with van der Waals surface area (Å²) in [5.41, 5.74) is 5.75. The summed E-state index contributed by atoms with van der Waals surface area (Å²) in [5, 5.41) is 10.3. The molecule has 124 valence electrons. The standard InChI is InChI=1S/C21H16BrClN2/c1-14-10-17(11-18(13-24)16-6-8-19(22)9-7-16)15(2)25(14)21-5-3-4-20(23)12-21/h3-12H,1-2H3/b18-11-. The van der Waals surface area contributed by atoms with Crippen LogP contribution in [0.1, 0.15) is 22.5 Å². The van der Waals surface area contributed by atoms with Crippen LogP contribution in [0.15, 0.2) is 59.1 Å². The molecule has 3 rings (SSSR count). The van der Waals surface area contributed by atoms with Crippen LogP contribution in [-0.2, 0) is 0 Å². The first-order chi connectivity index (χ1) is 12.0. The third-order valence-electron chi connectivity index (χ3n) is 4.11. The zero-order valence-electron chi connectivity index (χ0n) is 13.9. The van der Waals surface area contributed by atoms with Crippen LogP contribution in [-0.4, -0.2) is 4.57 Å². The molecule has 25 heavy (non-hydrogen) atoms. The van der Waals surface area contributed by atoms with Gasteiger partial charge < -0.3 is 4.57 Å². The number of hydrogen-bond acceptors (Lipinski definition) is 1. The fraction of sp³-hybridized carbons (Fsp3) is 0.0952. The first-order valence-electron chi connectivity index (χ1n) is 7.82. The zero-order valence-corrected chi connectivity index (χ0v) is 16.3. The SMILES string of the molecule is Cc1cc(/C=C(/C#N)c2ccc(Br)cc2)c(C)n1-c1cccc(Cl)c1. The molecule has 0 radical (unpaired) electrons. The molecule has 1 aromatic heterocycles. The summed E-state index contributed by atoms with van der Waals surface area (Å²) < 4.78 is 3.14. The molecule has 0 spiro atoms. The summed E-state index contributed by atoms with van der Waals surface area (Å²) in [6.07, 6.45) is 1.94. The van der Waals surface area contributed by atoms with Crippen LogP contribution < -0.4 is 0 Å². The number of aromatic nitrogens is 1. The zero-order chi connectivity index (χ0) is 18.0. The highest BCUT2D eigenvalue weighted by Gasteiger charge is 2.11. The Hall–Kier alpha value is -2.28. The van der Waals surface area contributed by atoms with Crippen molar-refractivity contribution in [2.24, 2.45) is 0 Å². The smallest absolute Gasteiger partial charge is 0.0998 e. The number of halogens is 2. The molecule has 2 nitrogen and oxygen atoms in total. The van der Waals surface area contributed by atoms with Gasteiger partial charge in [0, 0.05) is 26.6 Å². The van der Waals surface area contributed by atoms with E-state index in [-0.39, 0.29) is 0 Å². The van der Waals surface area contributed by atoms with E-state index in [0.29, 0.717) is 10.6 Å². The van der Waals surface area contributed by atoms with E-state index < -0.39 is 0 Å². The fourth-order valence-electron chi connectivity index (χ4n) is 2.91. The van der Waals surface area contributed by atoms with E-state index in [0.717, 1.165) is 32.7 Å².